The summed E-state index contributed by atoms with van der Waals surface area (Å²) < 4.78 is 0. The zero-order chi connectivity index (χ0) is 17.2. The Hall–Kier alpha value is -2.17. The number of likely N-dealkylation sites (tertiary alicyclic amines) is 1. The van der Waals surface area contributed by atoms with Crippen LogP contribution in [0.3, 0.4) is 0 Å². The predicted octanol–water partition coefficient (Wildman–Crippen LogP) is 3.10. The SMILES string of the molecule is CC1CCCN(C(=O)C2CCCN(c3ncnc4ccccc34)C2)C1. The van der Waals surface area contributed by atoms with Crippen LogP contribution in [0.15, 0.2) is 30.6 Å². The van der Waals surface area contributed by atoms with Crippen molar-refractivity contribution in [1.29, 1.82) is 0 Å². The summed E-state index contributed by atoms with van der Waals surface area (Å²) in [5.41, 5.74) is 0.964. The van der Waals surface area contributed by atoms with Crippen LogP contribution in [0, 0.1) is 11.8 Å². The number of aromatic nitrogens is 2. The van der Waals surface area contributed by atoms with Gasteiger partial charge in [0, 0.05) is 31.6 Å². The molecule has 0 spiro atoms. The second-order valence-electron chi connectivity index (χ2n) is 7.53. The molecule has 1 aromatic heterocycles. The Balaban J connectivity index is 1.53. The van der Waals surface area contributed by atoms with Gasteiger partial charge in [0.2, 0.25) is 5.91 Å². The van der Waals surface area contributed by atoms with E-state index in [-0.39, 0.29) is 5.92 Å². The number of amides is 1. The Morgan fingerprint density at radius 2 is 1.92 bits per heavy atom. The summed E-state index contributed by atoms with van der Waals surface area (Å²) in [6.45, 7) is 5.83. The molecule has 2 aromatic rings. The molecule has 0 aliphatic carbocycles. The Kier molecular flexibility index (Phi) is 4.55. The van der Waals surface area contributed by atoms with Crippen LogP contribution in [0.25, 0.3) is 10.9 Å². The van der Waals surface area contributed by atoms with Crippen LogP contribution in [0.4, 0.5) is 5.82 Å². The number of anilines is 1. The molecule has 0 N–H and O–H groups in total. The zero-order valence-electron chi connectivity index (χ0n) is 14.9. The topological polar surface area (TPSA) is 49.3 Å². The molecule has 5 heteroatoms. The molecule has 0 bridgehead atoms. The minimum Gasteiger partial charge on any atom is -0.355 e. The van der Waals surface area contributed by atoms with Crippen molar-refractivity contribution in [3.63, 3.8) is 0 Å². The lowest BCUT2D eigenvalue weighted by Gasteiger charge is -2.38. The maximum absolute atomic E-state index is 13.0. The first-order chi connectivity index (χ1) is 12.2. The molecule has 5 nitrogen and oxygen atoms in total. The quantitative estimate of drug-likeness (QED) is 0.844. The van der Waals surface area contributed by atoms with Gasteiger partial charge in [-0.05, 0) is 43.7 Å². The first-order valence-corrected chi connectivity index (χ1v) is 9.46. The summed E-state index contributed by atoms with van der Waals surface area (Å²) in [4.78, 5) is 26.3. The predicted molar refractivity (Wildman–Crippen MR) is 99.5 cm³/mol. The minimum atomic E-state index is 0.0905. The fraction of sp³-hybridized carbons (Fsp3) is 0.550. The first kappa shape index (κ1) is 16.3. The number of carbonyl (C=O) groups excluding carboxylic acids is 1. The summed E-state index contributed by atoms with van der Waals surface area (Å²) in [5.74, 6) is 2.03. The Labute approximate surface area is 149 Å². The highest BCUT2D eigenvalue weighted by molar-refractivity contribution is 5.89. The number of hydrogen-bond donors (Lipinski definition) is 0. The highest BCUT2D eigenvalue weighted by atomic mass is 16.2. The van der Waals surface area contributed by atoms with Gasteiger partial charge in [0.05, 0.1) is 11.4 Å². The Morgan fingerprint density at radius 1 is 1.08 bits per heavy atom. The van der Waals surface area contributed by atoms with E-state index in [4.69, 9.17) is 0 Å². The fourth-order valence-electron chi connectivity index (χ4n) is 4.26. The van der Waals surface area contributed by atoms with Crippen molar-refractivity contribution in [3.8, 4) is 0 Å². The fourth-order valence-corrected chi connectivity index (χ4v) is 4.26. The molecular formula is C20H26N4O. The van der Waals surface area contributed by atoms with Crippen LogP contribution in [0.2, 0.25) is 0 Å². The largest absolute Gasteiger partial charge is 0.355 e. The van der Waals surface area contributed by atoms with E-state index in [1.165, 1.54) is 6.42 Å². The highest BCUT2D eigenvalue weighted by Crippen LogP contribution is 2.29. The molecule has 3 heterocycles. The van der Waals surface area contributed by atoms with Gasteiger partial charge in [0.15, 0.2) is 0 Å². The summed E-state index contributed by atoms with van der Waals surface area (Å²) in [6.07, 6.45) is 6.05. The van der Waals surface area contributed by atoms with E-state index in [1.807, 2.05) is 18.2 Å². The van der Waals surface area contributed by atoms with Crippen LogP contribution in [0.5, 0.6) is 0 Å². The van der Waals surface area contributed by atoms with Gasteiger partial charge in [-0.15, -0.1) is 0 Å². The number of fused-ring (bicyclic) bond motifs is 1. The molecule has 2 unspecified atom stereocenters. The molecule has 25 heavy (non-hydrogen) atoms. The average Bonchev–Trinajstić information content (AvgIpc) is 2.67. The van der Waals surface area contributed by atoms with E-state index in [1.54, 1.807) is 6.33 Å². The molecule has 2 fully saturated rings. The Morgan fingerprint density at radius 3 is 2.80 bits per heavy atom. The van der Waals surface area contributed by atoms with E-state index >= 15 is 0 Å². The van der Waals surface area contributed by atoms with Crippen molar-refractivity contribution in [3.05, 3.63) is 30.6 Å². The molecule has 132 valence electrons. The van der Waals surface area contributed by atoms with E-state index < -0.39 is 0 Å². The third-order valence-corrected chi connectivity index (χ3v) is 5.56. The van der Waals surface area contributed by atoms with Gasteiger partial charge in [-0.2, -0.15) is 0 Å². The Bertz CT molecular complexity index is 757. The maximum atomic E-state index is 13.0. The van der Waals surface area contributed by atoms with Crippen molar-refractivity contribution in [2.45, 2.75) is 32.6 Å². The van der Waals surface area contributed by atoms with E-state index in [0.29, 0.717) is 11.8 Å². The molecule has 2 atom stereocenters. The van der Waals surface area contributed by atoms with Crippen LogP contribution in [-0.4, -0.2) is 47.0 Å². The van der Waals surface area contributed by atoms with E-state index in [2.05, 4.69) is 32.8 Å². The van der Waals surface area contributed by atoms with Crippen molar-refractivity contribution in [1.82, 2.24) is 14.9 Å². The van der Waals surface area contributed by atoms with E-state index in [9.17, 15) is 4.79 Å². The normalized spacial score (nSPS) is 24.5. The number of para-hydroxylation sites is 1. The highest BCUT2D eigenvalue weighted by Gasteiger charge is 2.32. The van der Waals surface area contributed by atoms with Crippen LogP contribution < -0.4 is 4.90 Å². The summed E-state index contributed by atoms with van der Waals surface area (Å²) in [7, 11) is 0. The van der Waals surface area contributed by atoms with Crippen LogP contribution in [0.1, 0.15) is 32.6 Å². The standard InChI is InChI=1S/C20H26N4O/c1-15-6-4-11-24(12-15)20(25)16-7-5-10-23(13-16)19-17-8-2-3-9-18(17)21-14-22-19/h2-3,8-9,14-16H,4-7,10-13H2,1H3. The molecule has 2 aliphatic heterocycles. The van der Waals surface area contributed by atoms with Gasteiger partial charge >= 0.3 is 0 Å². The third kappa shape index (κ3) is 3.32. The molecule has 2 aliphatic rings. The summed E-state index contributed by atoms with van der Waals surface area (Å²) in [6, 6.07) is 8.11. The molecule has 0 saturated carbocycles. The second-order valence-corrected chi connectivity index (χ2v) is 7.53. The first-order valence-electron chi connectivity index (χ1n) is 9.46. The summed E-state index contributed by atoms with van der Waals surface area (Å²) in [5, 5.41) is 1.07. The van der Waals surface area contributed by atoms with Crippen LogP contribution in [-0.2, 0) is 4.79 Å². The molecule has 2 saturated heterocycles. The minimum absolute atomic E-state index is 0.0905. The van der Waals surface area contributed by atoms with Gasteiger partial charge in [-0.25, -0.2) is 9.97 Å². The maximum Gasteiger partial charge on any atom is 0.227 e. The lowest BCUT2D eigenvalue weighted by Crippen LogP contribution is -2.47. The number of piperidine rings is 2. The number of carbonyl (C=O) groups is 1. The van der Waals surface area contributed by atoms with Crippen molar-refractivity contribution in [2.24, 2.45) is 11.8 Å². The molecule has 1 amide bonds. The lowest BCUT2D eigenvalue weighted by molar-refractivity contribution is -0.137. The number of rotatable bonds is 2. The molecular weight excluding hydrogens is 312 g/mol. The van der Waals surface area contributed by atoms with Gasteiger partial charge < -0.3 is 9.80 Å². The smallest absolute Gasteiger partial charge is 0.227 e. The van der Waals surface area contributed by atoms with Crippen molar-refractivity contribution < 1.29 is 4.79 Å². The van der Waals surface area contributed by atoms with Crippen LogP contribution >= 0.6 is 0 Å². The lowest BCUT2D eigenvalue weighted by atomic mass is 9.93. The van der Waals surface area contributed by atoms with Gasteiger partial charge in [0.1, 0.15) is 12.1 Å². The van der Waals surface area contributed by atoms with Crippen molar-refractivity contribution in [2.75, 3.05) is 31.1 Å². The van der Waals surface area contributed by atoms with Gasteiger partial charge in [0.25, 0.3) is 0 Å². The number of benzene rings is 1. The van der Waals surface area contributed by atoms with Gasteiger partial charge in [-0.1, -0.05) is 19.1 Å². The molecule has 1 aromatic carbocycles. The zero-order valence-corrected chi connectivity index (χ0v) is 14.9. The second kappa shape index (κ2) is 6.98. The third-order valence-electron chi connectivity index (χ3n) is 5.56. The van der Waals surface area contributed by atoms with E-state index in [0.717, 1.165) is 62.2 Å². The number of hydrogen-bond acceptors (Lipinski definition) is 4. The average molecular weight is 338 g/mol. The molecule has 0 radical (unpaired) electrons. The summed E-state index contributed by atoms with van der Waals surface area (Å²) >= 11 is 0. The van der Waals surface area contributed by atoms with Gasteiger partial charge in [-0.3, -0.25) is 4.79 Å². The molecule has 4 rings (SSSR count). The van der Waals surface area contributed by atoms with Crippen molar-refractivity contribution >= 4 is 22.6 Å². The monoisotopic (exact) mass is 338 g/mol. The number of nitrogens with zero attached hydrogens (tertiary/aromatic N) is 4.